The molecule has 2 atom stereocenters. The number of allylic oxidation sites excluding steroid dienone is 1. The second kappa shape index (κ2) is 8.63. The fourth-order valence-electron chi connectivity index (χ4n) is 1.81. The Balaban J connectivity index is 4.11. The number of hydrogen-bond acceptors (Lipinski definition) is 2. The van der Waals surface area contributed by atoms with Crippen molar-refractivity contribution in [3.8, 4) is 0 Å². The van der Waals surface area contributed by atoms with Crippen LogP contribution in [-0.4, -0.2) is 11.1 Å². The van der Waals surface area contributed by atoms with Gasteiger partial charge in [-0.1, -0.05) is 40.0 Å². The van der Waals surface area contributed by atoms with Gasteiger partial charge in [0.15, 0.2) is 5.88 Å². The topological polar surface area (TPSA) is 32.3 Å². The quantitative estimate of drug-likeness (QED) is 0.597. The molecule has 0 saturated carbocycles. The van der Waals surface area contributed by atoms with Crippen LogP contribution in [0.4, 0.5) is 0 Å². The summed E-state index contributed by atoms with van der Waals surface area (Å²) in [6, 6.07) is 0.415. The van der Waals surface area contributed by atoms with Crippen molar-refractivity contribution in [3.05, 3.63) is 12.0 Å². The molecule has 2 nitrogen and oxygen atoms in total. The minimum absolute atomic E-state index is 0.316. The highest BCUT2D eigenvalue weighted by molar-refractivity contribution is 4.89. The molecule has 2 N–H and O–H groups in total. The Bertz CT molecular complexity index is 177. The molecule has 0 aliphatic rings. The van der Waals surface area contributed by atoms with Crippen molar-refractivity contribution in [1.29, 1.82) is 0 Å². The Hall–Kier alpha value is -0.660. The smallest absolute Gasteiger partial charge is 0.179 e. The van der Waals surface area contributed by atoms with Gasteiger partial charge in [0.1, 0.15) is 0 Å². The maximum atomic E-state index is 9.48. The van der Waals surface area contributed by atoms with E-state index in [1.165, 1.54) is 19.3 Å². The predicted molar refractivity (Wildman–Crippen MR) is 66.9 cm³/mol. The molecule has 0 saturated heterocycles. The standard InChI is InChI=1S/C13H27NO/c1-5-8-10-11(4)12(9-6-2)14-13(15)7-3/h7,11-12,14-15H,5-6,8-10H2,1-4H3. The molecule has 0 aromatic heterocycles. The van der Waals surface area contributed by atoms with Crippen LogP contribution >= 0.6 is 0 Å². The van der Waals surface area contributed by atoms with Crippen LogP contribution in [0.2, 0.25) is 0 Å². The number of rotatable bonds is 8. The minimum atomic E-state index is 0.316. The zero-order valence-corrected chi connectivity index (χ0v) is 10.7. The van der Waals surface area contributed by atoms with Crippen LogP contribution < -0.4 is 5.32 Å². The number of nitrogens with one attached hydrogen (secondary N) is 1. The van der Waals surface area contributed by atoms with Gasteiger partial charge < -0.3 is 10.4 Å². The van der Waals surface area contributed by atoms with E-state index in [4.69, 9.17) is 0 Å². The van der Waals surface area contributed by atoms with Gasteiger partial charge in [-0.3, -0.25) is 0 Å². The van der Waals surface area contributed by atoms with Gasteiger partial charge in [-0.05, 0) is 31.8 Å². The summed E-state index contributed by atoms with van der Waals surface area (Å²) < 4.78 is 0. The molecule has 15 heavy (non-hydrogen) atoms. The summed E-state index contributed by atoms with van der Waals surface area (Å²) in [5, 5.41) is 12.7. The predicted octanol–water partition coefficient (Wildman–Crippen LogP) is 3.99. The fourth-order valence-corrected chi connectivity index (χ4v) is 1.81. The van der Waals surface area contributed by atoms with Gasteiger partial charge in [-0.2, -0.15) is 0 Å². The van der Waals surface area contributed by atoms with Crippen LogP contribution in [0.5, 0.6) is 0 Å². The average Bonchev–Trinajstić information content (AvgIpc) is 2.24. The molecule has 0 amide bonds. The van der Waals surface area contributed by atoms with Crippen molar-refractivity contribution >= 4 is 0 Å². The third-order valence-electron chi connectivity index (χ3n) is 2.91. The van der Waals surface area contributed by atoms with E-state index >= 15 is 0 Å². The highest BCUT2D eigenvalue weighted by Crippen LogP contribution is 2.17. The Morgan fingerprint density at radius 3 is 2.40 bits per heavy atom. The first kappa shape index (κ1) is 14.3. The maximum Gasteiger partial charge on any atom is 0.179 e. The Kier molecular flexibility index (Phi) is 8.25. The largest absolute Gasteiger partial charge is 0.495 e. The molecule has 90 valence electrons. The van der Waals surface area contributed by atoms with Gasteiger partial charge in [0.25, 0.3) is 0 Å². The Morgan fingerprint density at radius 2 is 1.93 bits per heavy atom. The van der Waals surface area contributed by atoms with Crippen LogP contribution in [0.15, 0.2) is 12.0 Å². The van der Waals surface area contributed by atoms with Gasteiger partial charge >= 0.3 is 0 Å². The van der Waals surface area contributed by atoms with E-state index < -0.39 is 0 Å². The zero-order valence-electron chi connectivity index (χ0n) is 10.7. The van der Waals surface area contributed by atoms with Gasteiger partial charge in [-0.25, -0.2) is 0 Å². The lowest BCUT2D eigenvalue weighted by Crippen LogP contribution is -2.34. The lowest BCUT2D eigenvalue weighted by molar-refractivity contribution is 0.280. The normalized spacial score (nSPS) is 16.1. The van der Waals surface area contributed by atoms with Gasteiger partial charge in [0.05, 0.1) is 0 Å². The molecule has 0 rings (SSSR count). The molecular formula is C13H27NO. The monoisotopic (exact) mass is 213 g/mol. The summed E-state index contributed by atoms with van der Waals surface area (Å²) >= 11 is 0. The molecule has 0 aliphatic carbocycles. The first-order valence-electron chi connectivity index (χ1n) is 6.27. The third-order valence-corrected chi connectivity index (χ3v) is 2.91. The molecule has 0 aromatic carbocycles. The summed E-state index contributed by atoms with van der Waals surface area (Å²) in [4.78, 5) is 0. The fraction of sp³-hybridized carbons (Fsp3) is 0.846. The molecule has 0 heterocycles. The van der Waals surface area contributed by atoms with Gasteiger partial charge in [0.2, 0.25) is 0 Å². The van der Waals surface area contributed by atoms with Crippen LogP contribution in [0, 0.1) is 5.92 Å². The SMILES string of the molecule is CC=C(O)NC(CCC)C(C)CCCC. The van der Waals surface area contributed by atoms with Crippen molar-refractivity contribution in [3.63, 3.8) is 0 Å². The lowest BCUT2D eigenvalue weighted by atomic mass is 9.92. The lowest BCUT2D eigenvalue weighted by Gasteiger charge is -2.25. The van der Waals surface area contributed by atoms with Crippen LogP contribution in [0.3, 0.4) is 0 Å². The number of aliphatic hydroxyl groups excluding tert-OH is 1. The van der Waals surface area contributed by atoms with Crippen LogP contribution in [0.25, 0.3) is 0 Å². The molecule has 0 spiro atoms. The van der Waals surface area contributed by atoms with Crippen molar-refractivity contribution in [2.75, 3.05) is 0 Å². The van der Waals surface area contributed by atoms with Crippen LogP contribution in [-0.2, 0) is 0 Å². The summed E-state index contributed by atoms with van der Waals surface area (Å²) in [6.07, 6.45) is 7.77. The van der Waals surface area contributed by atoms with Crippen LogP contribution in [0.1, 0.15) is 59.8 Å². The summed E-state index contributed by atoms with van der Waals surface area (Å²) in [6.45, 7) is 8.53. The van der Waals surface area contributed by atoms with E-state index in [2.05, 4.69) is 26.1 Å². The first-order chi connectivity index (χ1) is 7.15. The maximum absolute atomic E-state index is 9.48. The first-order valence-corrected chi connectivity index (χ1v) is 6.27. The second-order valence-corrected chi connectivity index (χ2v) is 4.33. The van der Waals surface area contributed by atoms with Crippen molar-refractivity contribution in [2.24, 2.45) is 5.92 Å². The summed E-state index contributed by atoms with van der Waals surface area (Å²) in [7, 11) is 0. The average molecular weight is 213 g/mol. The van der Waals surface area contributed by atoms with Crippen molar-refractivity contribution in [2.45, 2.75) is 65.8 Å². The number of hydrogen-bond donors (Lipinski definition) is 2. The highest BCUT2D eigenvalue weighted by atomic mass is 16.3. The van der Waals surface area contributed by atoms with E-state index in [0.717, 1.165) is 12.8 Å². The van der Waals surface area contributed by atoms with Gasteiger partial charge in [-0.15, -0.1) is 0 Å². The second-order valence-electron chi connectivity index (χ2n) is 4.33. The van der Waals surface area contributed by atoms with Crippen molar-refractivity contribution < 1.29 is 5.11 Å². The Labute approximate surface area is 94.8 Å². The van der Waals surface area contributed by atoms with E-state index in [-0.39, 0.29) is 0 Å². The van der Waals surface area contributed by atoms with Gasteiger partial charge in [0, 0.05) is 6.04 Å². The highest BCUT2D eigenvalue weighted by Gasteiger charge is 2.16. The van der Waals surface area contributed by atoms with E-state index in [1.807, 2.05) is 6.92 Å². The molecule has 2 unspecified atom stereocenters. The summed E-state index contributed by atoms with van der Waals surface area (Å²) in [5.41, 5.74) is 0. The Morgan fingerprint density at radius 1 is 1.27 bits per heavy atom. The van der Waals surface area contributed by atoms with E-state index in [9.17, 15) is 5.11 Å². The molecule has 2 heteroatoms. The number of aliphatic hydroxyl groups is 1. The third kappa shape index (κ3) is 6.43. The molecule has 0 aromatic rings. The molecular weight excluding hydrogens is 186 g/mol. The summed E-state index contributed by atoms with van der Waals surface area (Å²) in [5.74, 6) is 0.948. The molecule has 0 fully saturated rings. The van der Waals surface area contributed by atoms with E-state index in [1.54, 1.807) is 6.08 Å². The molecule has 0 radical (unpaired) electrons. The molecule has 0 aliphatic heterocycles. The minimum Gasteiger partial charge on any atom is -0.495 e. The number of unbranched alkanes of at least 4 members (excludes halogenated alkanes) is 1. The van der Waals surface area contributed by atoms with Crippen molar-refractivity contribution in [1.82, 2.24) is 5.32 Å². The molecule has 0 bridgehead atoms. The van der Waals surface area contributed by atoms with E-state index in [0.29, 0.717) is 17.8 Å². The zero-order chi connectivity index (χ0) is 11.7.